The summed E-state index contributed by atoms with van der Waals surface area (Å²) in [5.41, 5.74) is 1.95. The molecule has 1 N–H and O–H groups in total. The number of rotatable bonds is 4. The first-order chi connectivity index (χ1) is 7.65. The van der Waals surface area contributed by atoms with Crippen LogP contribution in [0.15, 0.2) is 24.3 Å². The Morgan fingerprint density at radius 2 is 2.06 bits per heavy atom. The maximum Gasteiger partial charge on any atom is 0.411 e. The Morgan fingerprint density at radius 3 is 2.69 bits per heavy atom. The van der Waals surface area contributed by atoms with Gasteiger partial charge >= 0.3 is 6.09 Å². The number of carbonyl (C=O) groups excluding carboxylic acids is 1. The SMILES string of the molecule is CCCOC(=O)Nc1ccccc1C(C)C. The van der Waals surface area contributed by atoms with E-state index in [0.29, 0.717) is 12.5 Å². The maximum atomic E-state index is 11.4. The third-order valence-electron chi connectivity index (χ3n) is 2.26. The summed E-state index contributed by atoms with van der Waals surface area (Å²) in [7, 11) is 0. The lowest BCUT2D eigenvalue weighted by Crippen LogP contribution is -2.15. The highest BCUT2D eigenvalue weighted by molar-refractivity contribution is 5.85. The normalized spacial score (nSPS) is 10.2. The van der Waals surface area contributed by atoms with Gasteiger partial charge in [-0.05, 0) is 24.0 Å². The molecule has 1 amide bonds. The molecule has 0 bridgehead atoms. The first-order valence-electron chi connectivity index (χ1n) is 5.67. The minimum absolute atomic E-state index is 0.377. The second-order valence-corrected chi connectivity index (χ2v) is 4.00. The van der Waals surface area contributed by atoms with Crippen molar-refractivity contribution in [2.24, 2.45) is 0 Å². The van der Waals surface area contributed by atoms with Gasteiger partial charge in [-0.15, -0.1) is 0 Å². The lowest BCUT2D eigenvalue weighted by Gasteiger charge is -2.13. The minimum Gasteiger partial charge on any atom is -0.449 e. The number of carbonyl (C=O) groups is 1. The molecule has 0 atom stereocenters. The molecule has 0 saturated heterocycles. The number of nitrogens with one attached hydrogen (secondary N) is 1. The van der Waals surface area contributed by atoms with E-state index in [9.17, 15) is 4.79 Å². The van der Waals surface area contributed by atoms with Gasteiger partial charge < -0.3 is 4.74 Å². The summed E-state index contributed by atoms with van der Waals surface area (Å²) in [6, 6.07) is 7.78. The Bertz CT molecular complexity index is 348. The number of hydrogen-bond donors (Lipinski definition) is 1. The zero-order valence-corrected chi connectivity index (χ0v) is 10.1. The van der Waals surface area contributed by atoms with Gasteiger partial charge in [-0.2, -0.15) is 0 Å². The summed E-state index contributed by atoms with van der Waals surface area (Å²) >= 11 is 0. The highest BCUT2D eigenvalue weighted by atomic mass is 16.5. The maximum absolute atomic E-state index is 11.4. The van der Waals surface area contributed by atoms with Gasteiger partial charge in [0.1, 0.15) is 0 Å². The number of anilines is 1. The van der Waals surface area contributed by atoms with E-state index in [1.807, 2.05) is 31.2 Å². The van der Waals surface area contributed by atoms with Gasteiger partial charge in [0.25, 0.3) is 0 Å². The Balaban J connectivity index is 2.69. The standard InChI is InChI=1S/C13H19NO2/c1-4-9-16-13(15)14-12-8-6-5-7-11(12)10(2)3/h5-8,10H,4,9H2,1-3H3,(H,14,15). The Kier molecular flexibility index (Phi) is 4.83. The average molecular weight is 221 g/mol. The first kappa shape index (κ1) is 12.6. The predicted molar refractivity (Wildman–Crippen MR) is 65.8 cm³/mol. The van der Waals surface area contributed by atoms with E-state index in [1.54, 1.807) is 0 Å². The molecule has 0 saturated carbocycles. The Labute approximate surface area is 96.8 Å². The molecule has 16 heavy (non-hydrogen) atoms. The van der Waals surface area contributed by atoms with Crippen molar-refractivity contribution in [2.75, 3.05) is 11.9 Å². The summed E-state index contributed by atoms with van der Waals surface area (Å²) in [5.74, 6) is 0.377. The zero-order valence-electron chi connectivity index (χ0n) is 10.1. The fraction of sp³-hybridized carbons (Fsp3) is 0.462. The molecule has 0 aliphatic carbocycles. The zero-order chi connectivity index (χ0) is 12.0. The van der Waals surface area contributed by atoms with E-state index < -0.39 is 0 Å². The molecule has 88 valence electrons. The third-order valence-corrected chi connectivity index (χ3v) is 2.26. The van der Waals surface area contributed by atoms with Gasteiger partial charge in [0.05, 0.1) is 6.61 Å². The van der Waals surface area contributed by atoms with E-state index in [1.165, 1.54) is 0 Å². The molecule has 0 radical (unpaired) electrons. The molecule has 1 aromatic carbocycles. The van der Waals surface area contributed by atoms with Crippen LogP contribution in [0.3, 0.4) is 0 Å². The fourth-order valence-electron chi connectivity index (χ4n) is 1.46. The molecular weight excluding hydrogens is 202 g/mol. The van der Waals surface area contributed by atoms with Crippen LogP contribution in [0.25, 0.3) is 0 Å². The van der Waals surface area contributed by atoms with Crippen LogP contribution in [0, 0.1) is 0 Å². The van der Waals surface area contributed by atoms with Crippen molar-refractivity contribution < 1.29 is 9.53 Å². The van der Waals surface area contributed by atoms with E-state index in [2.05, 4.69) is 19.2 Å². The van der Waals surface area contributed by atoms with Crippen molar-refractivity contribution in [2.45, 2.75) is 33.1 Å². The van der Waals surface area contributed by atoms with Gasteiger partial charge in [0.2, 0.25) is 0 Å². The molecule has 0 aromatic heterocycles. The van der Waals surface area contributed by atoms with Gasteiger partial charge in [-0.1, -0.05) is 39.0 Å². The van der Waals surface area contributed by atoms with Crippen molar-refractivity contribution in [3.05, 3.63) is 29.8 Å². The minimum atomic E-state index is -0.380. The van der Waals surface area contributed by atoms with Crippen LogP contribution in [0.4, 0.5) is 10.5 Å². The van der Waals surface area contributed by atoms with Gasteiger partial charge in [-0.25, -0.2) is 4.79 Å². The first-order valence-corrected chi connectivity index (χ1v) is 5.67. The van der Waals surface area contributed by atoms with Crippen LogP contribution in [0.5, 0.6) is 0 Å². The van der Waals surface area contributed by atoms with Crippen molar-refractivity contribution in [1.82, 2.24) is 0 Å². The topological polar surface area (TPSA) is 38.3 Å². The molecule has 0 unspecified atom stereocenters. The van der Waals surface area contributed by atoms with Crippen molar-refractivity contribution >= 4 is 11.8 Å². The fourth-order valence-corrected chi connectivity index (χ4v) is 1.46. The van der Waals surface area contributed by atoms with Crippen molar-refractivity contribution in [3.63, 3.8) is 0 Å². The van der Waals surface area contributed by atoms with Gasteiger partial charge in [0.15, 0.2) is 0 Å². The van der Waals surface area contributed by atoms with E-state index >= 15 is 0 Å². The van der Waals surface area contributed by atoms with E-state index in [0.717, 1.165) is 17.7 Å². The molecule has 0 aliphatic heterocycles. The lowest BCUT2D eigenvalue weighted by molar-refractivity contribution is 0.161. The van der Waals surface area contributed by atoms with Crippen LogP contribution >= 0.6 is 0 Å². The van der Waals surface area contributed by atoms with Crippen molar-refractivity contribution in [3.8, 4) is 0 Å². The molecule has 0 heterocycles. The highest BCUT2D eigenvalue weighted by Gasteiger charge is 2.08. The van der Waals surface area contributed by atoms with Crippen LogP contribution in [-0.4, -0.2) is 12.7 Å². The molecule has 1 aromatic rings. The lowest BCUT2D eigenvalue weighted by atomic mass is 10.0. The summed E-state index contributed by atoms with van der Waals surface area (Å²) in [4.78, 5) is 11.4. The molecule has 3 heteroatoms. The average Bonchev–Trinajstić information content (AvgIpc) is 2.27. The molecule has 0 spiro atoms. The summed E-state index contributed by atoms with van der Waals surface area (Å²) in [6.07, 6.45) is 0.453. The van der Waals surface area contributed by atoms with Crippen LogP contribution in [0.2, 0.25) is 0 Å². The van der Waals surface area contributed by atoms with Gasteiger partial charge in [0, 0.05) is 5.69 Å². The molecule has 0 fully saturated rings. The van der Waals surface area contributed by atoms with Crippen LogP contribution in [0.1, 0.15) is 38.7 Å². The highest BCUT2D eigenvalue weighted by Crippen LogP contribution is 2.23. The smallest absolute Gasteiger partial charge is 0.411 e. The summed E-state index contributed by atoms with van der Waals surface area (Å²) in [6.45, 7) is 6.61. The predicted octanol–water partition coefficient (Wildman–Crippen LogP) is 3.77. The van der Waals surface area contributed by atoms with Gasteiger partial charge in [-0.3, -0.25) is 5.32 Å². The molecular formula is C13H19NO2. The monoisotopic (exact) mass is 221 g/mol. The van der Waals surface area contributed by atoms with Crippen LogP contribution < -0.4 is 5.32 Å². The number of ether oxygens (including phenoxy) is 1. The van der Waals surface area contributed by atoms with E-state index in [-0.39, 0.29) is 6.09 Å². The van der Waals surface area contributed by atoms with Crippen LogP contribution in [-0.2, 0) is 4.74 Å². The quantitative estimate of drug-likeness (QED) is 0.840. The Hall–Kier alpha value is -1.51. The molecule has 1 rings (SSSR count). The summed E-state index contributed by atoms with van der Waals surface area (Å²) < 4.78 is 4.98. The second kappa shape index (κ2) is 6.16. The number of amides is 1. The summed E-state index contributed by atoms with van der Waals surface area (Å²) in [5, 5.41) is 2.77. The second-order valence-electron chi connectivity index (χ2n) is 4.00. The number of benzene rings is 1. The molecule has 3 nitrogen and oxygen atoms in total. The van der Waals surface area contributed by atoms with E-state index in [4.69, 9.17) is 4.74 Å². The largest absolute Gasteiger partial charge is 0.449 e. The van der Waals surface area contributed by atoms with Crippen molar-refractivity contribution in [1.29, 1.82) is 0 Å². The third kappa shape index (κ3) is 3.57. The Morgan fingerprint density at radius 1 is 1.38 bits per heavy atom. The number of para-hydroxylation sites is 1. The molecule has 0 aliphatic rings. The number of hydrogen-bond acceptors (Lipinski definition) is 2.